The summed E-state index contributed by atoms with van der Waals surface area (Å²) in [5, 5.41) is 49.6. The highest BCUT2D eigenvalue weighted by Gasteiger charge is 2.54. The maximum Gasteiger partial charge on any atom is 0.352 e. The predicted molar refractivity (Wildman–Crippen MR) is 136 cm³/mol. The van der Waals surface area contributed by atoms with Gasteiger partial charge in [-0.2, -0.15) is 4.73 Å². The Morgan fingerprint density at radius 2 is 2.17 bits per heavy atom. The zero-order valence-corrected chi connectivity index (χ0v) is 22.5. The Bertz CT molecular complexity index is 1690. The van der Waals surface area contributed by atoms with E-state index in [0.717, 1.165) is 32.6 Å². The number of β-lactam (4-membered cyclic amide) rings is 1. The first-order valence-corrected chi connectivity index (χ1v) is 13.8. The molecule has 0 aliphatic carbocycles. The molecular formula is C19H17N11O7S3. The molecule has 0 bridgehead atoms. The second-order valence-corrected chi connectivity index (χ2v) is 11.0. The van der Waals surface area contributed by atoms with E-state index in [1.54, 1.807) is 0 Å². The van der Waals surface area contributed by atoms with Crippen molar-refractivity contribution in [2.75, 3.05) is 18.6 Å². The second-order valence-electron chi connectivity index (χ2n) is 8.02. The number of aliphatic carboxylic acids is 1. The molecule has 2 atom stereocenters. The molecule has 2 aliphatic rings. The van der Waals surface area contributed by atoms with Gasteiger partial charge in [0.05, 0.1) is 5.56 Å². The standard InChI is InChI=1S/C19H17N11O7S3/c1-37-25-10(8-5-40-19(21)29(8)36)15(32)22-11-16(33)28-12(18(34)35)6(4-39-17(11)28)3-38-9-2-7(13(20)31)14-23-26-27-30(14)24-9/h2,5,11,17,21,36H,3-4H2,1H3,(H2,20,31)(H,22,32)(H,34,35)/t11-,17+/m1/s1. The molecule has 1 saturated heterocycles. The maximum atomic E-state index is 13.0. The summed E-state index contributed by atoms with van der Waals surface area (Å²) in [5.41, 5.74) is 5.22. The number of hydrogen-bond donors (Lipinski definition) is 5. The Labute approximate surface area is 234 Å². The smallest absolute Gasteiger partial charge is 0.352 e. The van der Waals surface area contributed by atoms with Crippen molar-refractivity contribution in [3.05, 3.63) is 38.8 Å². The molecule has 208 valence electrons. The van der Waals surface area contributed by atoms with E-state index in [4.69, 9.17) is 16.0 Å². The van der Waals surface area contributed by atoms with Gasteiger partial charge in [-0.3, -0.25) is 24.7 Å². The number of rotatable bonds is 9. The molecule has 0 aromatic carbocycles. The van der Waals surface area contributed by atoms with Crippen LogP contribution >= 0.6 is 34.9 Å². The van der Waals surface area contributed by atoms with Gasteiger partial charge in [-0.25, -0.2) is 4.79 Å². The molecule has 3 aromatic heterocycles. The lowest BCUT2D eigenvalue weighted by Crippen LogP contribution is -2.71. The zero-order valence-electron chi connectivity index (χ0n) is 20.0. The van der Waals surface area contributed by atoms with Crippen LogP contribution < -0.4 is 15.9 Å². The van der Waals surface area contributed by atoms with E-state index < -0.39 is 35.1 Å². The third kappa shape index (κ3) is 4.62. The van der Waals surface area contributed by atoms with E-state index >= 15 is 0 Å². The lowest BCUT2D eigenvalue weighted by molar-refractivity contribution is -0.150. The number of aromatic nitrogens is 6. The molecule has 2 aliphatic heterocycles. The molecule has 40 heavy (non-hydrogen) atoms. The van der Waals surface area contributed by atoms with Crippen molar-refractivity contribution >= 4 is 69.9 Å². The number of amides is 3. The first-order chi connectivity index (χ1) is 19.1. The fourth-order valence-electron chi connectivity index (χ4n) is 3.91. The fourth-order valence-corrected chi connectivity index (χ4v) is 6.92. The van der Waals surface area contributed by atoms with Crippen LogP contribution in [-0.2, 0) is 19.2 Å². The molecule has 5 heterocycles. The van der Waals surface area contributed by atoms with E-state index in [1.165, 1.54) is 30.3 Å². The Kier molecular flexibility index (Phi) is 7.16. The van der Waals surface area contributed by atoms with E-state index in [-0.39, 0.29) is 44.6 Å². The molecule has 0 radical (unpaired) electrons. The SMILES string of the molecule is CON=C(C(=O)N[C@@H]1C(=O)N2C(C(=O)O)=C(CSc3cc(C(N)=O)c4nnnn4n3)CS[C@@H]12)c1csc(=N)n1O. The van der Waals surface area contributed by atoms with Crippen LogP contribution in [0.1, 0.15) is 16.1 Å². The number of nitrogens with zero attached hydrogens (tertiary/aromatic N) is 8. The van der Waals surface area contributed by atoms with Gasteiger partial charge in [0, 0.05) is 16.9 Å². The lowest BCUT2D eigenvalue weighted by atomic mass is 10.0. The predicted octanol–water partition coefficient (Wildman–Crippen LogP) is -1.92. The van der Waals surface area contributed by atoms with Gasteiger partial charge < -0.3 is 26.2 Å². The Morgan fingerprint density at radius 1 is 1.40 bits per heavy atom. The molecule has 0 spiro atoms. The van der Waals surface area contributed by atoms with Crippen molar-refractivity contribution in [1.29, 1.82) is 5.41 Å². The van der Waals surface area contributed by atoms with Crippen LogP contribution in [0.4, 0.5) is 0 Å². The van der Waals surface area contributed by atoms with Crippen LogP contribution in [0.15, 0.2) is 32.9 Å². The summed E-state index contributed by atoms with van der Waals surface area (Å²) in [4.78, 5) is 55.5. The number of thioether (sulfide) groups is 2. The van der Waals surface area contributed by atoms with Gasteiger partial charge in [-0.1, -0.05) is 16.9 Å². The number of tetrazole rings is 1. The molecular weight excluding hydrogens is 590 g/mol. The zero-order chi connectivity index (χ0) is 28.7. The van der Waals surface area contributed by atoms with Crippen molar-refractivity contribution in [2.45, 2.75) is 16.4 Å². The molecule has 3 aromatic rings. The van der Waals surface area contributed by atoms with Gasteiger partial charge in [0.25, 0.3) is 17.7 Å². The number of carbonyl (C=O) groups excluding carboxylic acids is 3. The van der Waals surface area contributed by atoms with Gasteiger partial charge in [0.2, 0.25) is 10.4 Å². The maximum absolute atomic E-state index is 13.0. The van der Waals surface area contributed by atoms with Crippen LogP contribution in [0.2, 0.25) is 0 Å². The highest BCUT2D eigenvalue weighted by atomic mass is 32.2. The van der Waals surface area contributed by atoms with Crippen molar-refractivity contribution < 1.29 is 34.3 Å². The summed E-state index contributed by atoms with van der Waals surface area (Å²) >= 11 is 3.18. The number of primary amides is 1. The largest absolute Gasteiger partial charge is 0.477 e. The monoisotopic (exact) mass is 607 g/mol. The topological polar surface area (TPSA) is 256 Å². The lowest BCUT2D eigenvalue weighted by Gasteiger charge is -2.49. The van der Waals surface area contributed by atoms with Crippen LogP contribution in [0.3, 0.4) is 0 Å². The van der Waals surface area contributed by atoms with Crippen molar-refractivity contribution in [1.82, 2.24) is 40.2 Å². The summed E-state index contributed by atoms with van der Waals surface area (Å²) in [7, 11) is 1.19. The van der Waals surface area contributed by atoms with Crippen LogP contribution in [0.5, 0.6) is 0 Å². The van der Waals surface area contributed by atoms with Gasteiger partial charge in [-0.05, 0) is 22.1 Å². The van der Waals surface area contributed by atoms with Crippen LogP contribution in [0, 0.1) is 5.41 Å². The Balaban J connectivity index is 1.34. The third-order valence-electron chi connectivity index (χ3n) is 5.69. The van der Waals surface area contributed by atoms with Gasteiger partial charge >= 0.3 is 5.97 Å². The van der Waals surface area contributed by atoms with Gasteiger partial charge in [0.15, 0.2) is 5.71 Å². The summed E-state index contributed by atoms with van der Waals surface area (Å²) in [6, 6.07) is 0.317. The van der Waals surface area contributed by atoms with E-state index in [0.29, 0.717) is 15.3 Å². The summed E-state index contributed by atoms with van der Waals surface area (Å²) in [6.07, 6.45) is 0. The highest BCUT2D eigenvalue weighted by Crippen LogP contribution is 2.41. The second kappa shape index (κ2) is 10.6. The number of nitrogens with one attached hydrogen (secondary N) is 2. The molecule has 0 saturated carbocycles. The first-order valence-electron chi connectivity index (χ1n) is 10.9. The first kappa shape index (κ1) is 27.1. The molecule has 21 heteroatoms. The quantitative estimate of drug-likeness (QED) is 0.0585. The fraction of sp³-hybridized carbons (Fsp3) is 0.263. The van der Waals surface area contributed by atoms with Gasteiger partial charge in [0.1, 0.15) is 34.9 Å². The van der Waals surface area contributed by atoms with E-state index in [9.17, 15) is 29.5 Å². The van der Waals surface area contributed by atoms with Gasteiger partial charge in [-0.15, -0.1) is 37.9 Å². The molecule has 5 rings (SSSR count). The minimum Gasteiger partial charge on any atom is -0.477 e. The van der Waals surface area contributed by atoms with Crippen molar-refractivity contribution in [3.63, 3.8) is 0 Å². The molecule has 0 unspecified atom stereocenters. The van der Waals surface area contributed by atoms with Crippen molar-refractivity contribution in [2.24, 2.45) is 10.9 Å². The van der Waals surface area contributed by atoms with Crippen LogP contribution in [0.25, 0.3) is 5.65 Å². The number of thiazole rings is 1. The molecule has 18 nitrogen and oxygen atoms in total. The number of carboxylic acid groups (broad SMARTS) is 1. The average molecular weight is 608 g/mol. The Morgan fingerprint density at radius 3 is 2.83 bits per heavy atom. The normalized spacial score (nSPS) is 18.9. The Hall–Kier alpha value is -4.50. The number of carboxylic acids is 1. The van der Waals surface area contributed by atoms with Crippen molar-refractivity contribution in [3.8, 4) is 0 Å². The number of oxime groups is 1. The van der Waals surface area contributed by atoms with E-state index in [1.807, 2.05) is 0 Å². The highest BCUT2D eigenvalue weighted by molar-refractivity contribution is 8.01. The molecule has 6 N–H and O–H groups in total. The summed E-state index contributed by atoms with van der Waals surface area (Å²) in [6.45, 7) is 0. The number of carbonyl (C=O) groups is 4. The third-order valence-corrected chi connectivity index (χ3v) is 8.76. The number of fused-ring (bicyclic) bond motifs is 2. The molecule has 3 amide bonds. The average Bonchev–Trinajstić information content (AvgIpc) is 3.53. The molecule has 1 fully saturated rings. The summed E-state index contributed by atoms with van der Waals surface area (Å²) in [5.74, 6) is -3.29. The number of hydrogen-bond acceptors (Lipinski definition) is 15. The van der Waals surface area contributed by atoms with E-state index in [2.05, 4.69) is 31.1 Å². The minimum atomic E-state index is -1.33. The van der Waals surface area contributed by atoms with Crippen LogP contribution in [-0.4, -0.2) is 105 Å². The minimum absolute atomic E-state index is 0.0361. The number of nitrogens with two attached hydrogens (primary N) is 1. The summed E-state index contributed by atoms with van der Waals surface area (Å²) < 4.78 is 1.48.